The van der Waals surface area contributed by atoms with E-state index in [-0.39, 0.29) is 36.0 Å². The number of methoxy groups -OCH3 is 1. The number of carbonyl (C=O) groups excluding carboxylic acids is 2. The number of nitrogens with zero attached hydrogens (tertiary/aromatic N) is 11. The van der Waals surface area contributed by atoms with E-state index in [1.807, 2.05) is 75.4 Å². The molecule has 4 atom stereocenters. The molecule has 17 nitrogen and oxygen atoms in total. The Morgan fingerprint density at radius 1 is 0.683 bits per heavy atom. The highest BCUT2D eigenvalue weighted by Crippen LogP contribution is 2.36. The van der Waals surface area contributed by atoms with Gasteiger partial charge in [-0.3, -0.25) is 14.7 Å². The topological polar surface area (TPSA) is 197 Å². The van der Waals surface area contributed by atoms with Crippen LogP contribution in [0.15, 0.2) is 48.8 Å². The van der Waals surface area contributed by atoms with Crippen molar-refractivity contribution in [3.05, 3.63) is 93.8 Å². The Kier molecular flexibility index (Phi) is 11.8. The lowest BCUT2D eigenvalue weighted by Crippen LogP contribution is -2.39. The molecule has 0 unspecified atom stereocenters. The first-order chi connectivity index (χ1) is 30.4. The molecule has 4 aliphatic heterocycles. The van der Waals surface area contributed by atoms with Crippen molar-refractivity contribution in [3.63, 3.8) is 0 Å². The average molecular weight is 857 g/mol. The second-order valence-corrected chi connectivity index (χ2v) is 17.8. The first kappa shape index (κ1) is 42.2. The molecule has 0 radical (unpaired) electrons. The van der Waals surface area contributed by atoms with Gasteiger partial charge < -0.3 is 35.8 Å². The van der Waals surface area contributed by atoms with Gasteiger partial charge in [-0.25, -0.2) is 19.0 Å². The predicted molar refractivity (Wildman–Crippen MR) is 241 cm³/mol. The molecule has 332 valence electrons. The fourth-order valence-electron chi connectivity index (χ4n) is 9.85. The Balaban J connectivity index is 0.000000161. The van der Waals surface area contributed by atoms with Gasteiger partial charge in [0, 0.05) is 92.7 Å². The summed E-state index contributed by atoms with van der Waals surface area (Å²) < 4.78 is 9.24. The lowest BCUT2D eigenvalue weighted by molar-refractivity contribution is 0.0594. The van der Waals surface area contributed by atoms with Gasteiger partial charge in [-0.05, 0) is 96.8 Å². The summed E-state index contributed by atoms with van der Waals surface area (Å²) in [6.07, 6.45) is 11.9. The average Bonchev–Trinajstić information content (AvgIpc) is 4.15. The third kappa shape index (κ3) is 8.43. The summed E-state index contributed by atoms with van der Waals surface area (Å²) in [5.74, 6) is 2.55. The molecule has 2 amide bonds. The van der Waals surface area contributed by atoms with Crippen molar-refractivity contribution in [2.45, 2.75) is 103 Å². The van der Waals surface area contributed by atoms with Crippen molar-refractivity contribution in [2.24, 2.45) is 11.5 Å². The number of carbonyl (C=O) groups is 2. The van der Waals surface area contributed by atoms with Crippen molar-refractivity contribution in [1.29, 1.82) is 0 Å². The Hall–Kier alpha value is -6.07. The van der Waals surface area contributed by atoms with Crippen LogP contribution in [0.5, 0.6) is 5.75 Å². The van der Waals surface area contributed by atoms with Crippen molar-refractivity contribution < 1.29 is 14.3 Å². The highest BCUT2D eigenvalue weighted by Gasteiger charge is 2.34. The number of likely N-dealkylation sites (tertiary alicyclic amines) is 2. The minimum atomic E-state index is -0.0814. The minimum Gasteiger partial charge on any atom is -0.496 e. The molecule has 17 heteroatoms. The van der Waals surface area contributed by atoms with E-state index < -0.39 is 0 Å². The lowest BCUT2D eigenvalue weighted by Gasteiger charge is -2.35. The Morgan fingerprint density at radius 3 is 1.70 bits per heavy atom. The van der Waals surface area contributed by atoms with E-state index in [0.29, 0.717) is 30.1 Å². The number of hydrogen-bond acceptors (Lipinski definition) is 12. The van der Waals surface area contributed by atoms with Gasteiger partial charge in [0.2, 0.25) is 0 Å². The quantitative estimate of drug-likeness (QED) is 0.189. The number of hydrogen-bond donors (Lipinski definition) is 3. The predicted octanol–water partition coefficient (Wildman–Crippen LogP) is 5.23. The van der Waals surface area contributed by atoms with Crippen LogP contribution < -0.4 is 26.0 Å². The molecule has 0 saturated carbocycles. The van der Waals surface area contributed by atoms with Crippen LogP contribution in [0.1, 0.15) is 118 Å². The standard InChI is InChI=1S/C25H32N6O2.C21H28N8O/c1-16-7-6-8-19(23(16)33-3)25(32)30-11-5-4-9-21(30)20-13-22-27-24(17(2)14-31(22)28-20)29-12-10-18(26)15-29;1-13-11-29-19(23-20(13)27-8-6-15(22)12-27)10-16(26-29)18-5-3-4-7-28(18)21(30)17-9-14(2)24-25-17/h6-8,13-14,18,21H,4-5,9-12,15,26H2,1-3H3;9-11,15,18H,3-8,12,22H2,1-2H3,(H,24,25)/t18-,21-;15-,18-/m00/s1. The largest absolute Gasteiger partial charge is 0.496 e. The molecule has 6 aromatic rings. The maximum absolute atomic E-state index is 13.6. The normalized spacial score (nSPS) is 21.6. The van der Waals surface area contributed by atoms with Crippen molar-refractivity contribution in [2.75, 3.05) is 56.2 Å². The summed E-state index contributed by atoms with van der Waals surface area (Å²) in [7, 11) is 1.62. The zero-order valence-corrected chi connectivity index (χ0v) is 37.1. The van der Waals surface area contributed by atoms with E-state index in [9.17, 15) is 9.59 Å². The number of amides is 2. The molecule has 10 rings (SSSR count). The second-order valence-electron chi connectivity index (χ2n) is 17.8. The van der Waals surface area contributed by atoms with Crippen LogP contribution >= 0.6 is 0 Å². The highest BCUT2D eigenvalue weighted by molar-refractivity contribution is 5.97. The molecule has 5 aromatic heterocycles. The SMILES string of the molecule is COc1c(C)cccc1C(=O)N1CCCC[C@H]1c1cc2nc(N3CC[C@H](N)C3)c(C)cn2n1.Cc1cc(C(=O)N2CCCC[C@H]2c2cc3nc(N4CC[C@H](N)C4)c(C)cn3n2)n[nH]1. The summed E-state index contributed by atoms with van der Waals surface area (Å²) in [5, 5.41) is 16.7. The van der Waals surface area contributed by atoms with E-state index in [0.717, 1.165) is 134 Å². The number of fused-ring (bicyclic) bond motifs is 2. The van der Waals surface area contributed by atoms with Crippen molar-refractivity contribution in [3.8, 4) is 5.75 Å². The van der Waals surface area contributed by atoms with Gasteiger partial charge in [0.1, 0.15) is 23.1 Å². The molecule has 4 saturated heterocycles. The number of H-pyrrole nitrogens is 1. The second kappa shape index (κ2) is 17.6. The van der Waals surface area contributed by atoms with Gasteiger partial charge in [0.05, 0.1) is 36.1 Å². The number of ether oxygens (including phenoxy) is 1. The van der Waals surface area contributed by atoms with Crippen LogP contribution in [-0.4, -0.2) is 119 Å². The molecule has 9 heterocycles. The van der Waals surface area contributed by atoms with Crippen LogP contribution in [0.3, 0.4) is 0 Å². The fraction of sp³-hybridized carbons (Fsp3) is 0.500. The van der Waals surface area contributed by atoms with Gasteiger partial charge >= 0.3 is 0 Å². The van der Waals surface area contributed by atoms with E-state index in [1.165, 1.54) is 0 Å². The Morgan fingerprint density at radius 2 is 1.22 bits per heavy atom. The van der Waals surface area contributed by atoms with E-state index in [1.54, 1.807) is 13.2 Å². The number of benzene rings is 1. The lowest BCUT2D eigenvalue weighted by atomic mass is 9.97. The van der Waals surface area contributed by atoms with E-state index >= 15 is 0 Å². The van der Waals surface area contributed by atoms with Gasteiger partial charge in [-0.2, -0.15) is 15.3 Å². The van der Waals surface area contributed by atoms with Crippen LogP contribution in [0, 0.1) is 27.7 Å². The molecule has 4 aliphatic rings. The minimum absolute atomic E-state index is 0.00631. The molecule has 0 bridgehead atoms. The Bertz CT molecular complexity index is 2630. The van der Waals surface area contributed by atoms with Crippen molar-refractivity contribution >= 4 is 34.7 Å². The molecule has 1 aromatic carbocycles. The first-order valence-electron chi connectivity index (χ1n) is 22.5. The van der Waals surface area contributed by atoms with Crippen LogP contribution in [0.25, 0.3) is 11.3 Å². The molecular formula is C46H60N14O3. The number of para-hydroxylation sites is 1. The zero-order chi connectivity index (χ0) is 43.9. The maximum Gasteiger partial charge on any atom is 0.274 e. The third-order valence-corrected chi connectivity index (χ3v) is 13.1. The number of nitrogens with two attached hydrogens (primary N) is 2. The van der Waals surface area contributed by atoms with Gasteiger partial charge in [-0.1, -0.05) is 12.1 Å². The molecule has 5 N–H and O–H groups in total. The number of aromatic amines is 1. The summed E-state index contributed by atoms with van der Waals surface area (Å²) in [4.78, 5) is 44.9. The Labute approximate surface area is 367 Å². The zero-order valence-electron chi connectivity index (χ0n) is 37.1. The molecule has 4 fully saturated rings. The monoisotopic (exact) mass is 856 g/mol. The third-order valence-electron chi connectivity index (χ3n) is 13.1. The first-order valence-corrected chi connectivity index (χ1v) is 22.5. The number of aryl methyl sites for hydroxylation is 4. The smallest absolute Gasteiger partial charge is 0.274 e. The van der Waals surface area contributed by atoms with E-state index in [2.05, 4.69) is 33.8 Å². The molecule has 0 spiro atoms. The van der Waals surface area contributed by atoms with Crippen LogP contribution in [0.4, 0.5) is 11.6 Å². The molecular weight excluding hydrogens is 797 g/mol. The van der Waals surface area contributed by atoms with Crippen LogP contribution in [-0.2, 0) is 0 Å². The number of anilines is 2. The molecule has 63 heavy (non-hydrogen) atoms. The summed E-state index contributed by atoms with van der Waals surface area (Å²) in [6, 6.07) is 11.8. The number of aromatic nitrogens is 8. The van der Waals surface area contributed by atoms with Gasteiger partial charge in [0.25, 0.3) is 11.8 Å². The number of nitrogens with one attached hydrogen (secondary N) is 1. The van der Waals surface area contributed by atoms with E-state index in [4.69, 9.17) is 36.4 Å². The summed E-state index contributed by atoms with van der Waals surface area (Å²) in [5.41, 5.74) is 20.6. The van der Waals surface area contributed by atoms with Crippen molar-refractivity contribution in [1.82, 2.24) is 49.2 Å². The highest BCUT2D eigenvalue weighted by atomic mass is 16.5. The van der Waals surface area contributed by atoms with Crippen LogP contribution in [0.2, 0.25) is 0 Å². The number of piperidine rings is 2. The maximum atomic E-state index is 13.6. The van der Waals surface area contributed by atoms with Gasteiger partial charge in [-0.15, -0.1) is 0 Å². The van der Waals surface area contributed by atoms with Gasteiger partial charge in [0.15, 0.2) is 11.3 Å². The summed E-state index contributed by atoms with van der Waals surface area (Å²) >= 11 is 0. The fourth-order valence-corrected chi connectivity index (χ4v) is 9.85. The molecule has 0 aliphatic carbocycles. The number of rotatable bonds is 7. The summed E-state index contributed by atoms with van der Waals surface area (Å²) in [6.45, 7) is 12.9.